The van der Waals surface area contributed by atoms with Gasteiger partial charge in [0.25, 0.3) is 0 Å². The van der Waals surface area contributed by atoms with E-state index in [2.05, 4.69) is 26.9 Å². The maximum atomic E-state index is 6.29. The molecular formula is C11H27NO3Si2. The minimum Gasteiger partial charge on any atom is -0.415 e. The topological polar surface area (TPSA) is 30.9 Å². The minimum absolute atomic E-state index is 0.772. The van der Waals surface area contributed by atoms with Crippen molar-refractivity contribution in [2.75, 3.05) is 19.7 Å². The van der Waals surface area contributed by atoms with E-state index in [9.17, 15) is 0 Å². The van der Waals surface area contributed by atoms with Crippen LogP contribution in [0.5, 0.6) is 0 Å². The molecule has 0 aromatic rings. The third kappa shape index (κ3) is 5.19. The Morgan fingerprint density at radius 3 is 2.35 bits per heavy atom. The van der Waals surface area contributed by atoms with Crippen molar-refractivity contribution in [1.82, 2.24) is 5.06 Å². The predicted molar refractivity (Wildman–Crippen MR) is 74.2 cm³/mol. The van der Waals surface area contributed by atoms with E-state index in [0.717, 1.165) is 26.1 Å². The second-order valence-corrected chi connectivity index (χ2v) is 12.3. The lowest BCUT2D eigenvalue weighted by molar-refractivity contribution is -0.106. The molecule has 0 aliphatic carbocycles. The van der Waals surface area contributed by atoms with Gasteiger partial charge in [-0.25, -0.2) is 0 Å². The largest absolute Gasteiger partial charge is 0.504 e. The van der Waals surface area contributed by atoms with Crippen LogP contribution in [0.1, 0.15) is 26.7 Å². The van der Waals surface area contributed by atoms with Crippen LogP contribution >= 0.6 is 0 Å². The Balaban J connectivity index is 2.68. The highest BCUT2D eigenvalue weighted by atomic mass is 28.5. The molecule has 0 bridgehead atoms. The van der Waals surface area contributed by atoms with Crippen molar-refractivity contribution < 1.29 is 13.1 Å². The number of hydrogen-bond donors (Lipinski definition) is 0. The summed E-state index contributed by atoms with van der Waals surface area (Å²) in [6, 6.07) is 1.21. The fourth-order valence-corrected chi connectivity index (χ4v) is 9.33. The number of rotatable bonds is 4. The molecule has 1 rings (SSSR count). The molecule has 0 radical (unpaired) electrons. The Hall–Kier alpha value is 0.274. The average molecular weight is 278 g/mol. The molecule has 0 aromatic heterocycles. The van der Waals surface area contributed by atoms with Gasteiger partial charge in [-0.15, -0.1) is 0 Å². The van der Waals surface area contributed by atoms with Crippen molar-refractivity contribution in [3.63, 3.8) is 0 Å². The molecule has 1 unspecified atom stereocenters. The van der Waals surface area contributed by atoms with Crippen molar-refractivity contribution in [3.05, 3.63) is 0 Å². The van der Waals surface area contributed by atoms with E-state index in [4.69, 9.17) is 13.1 Å². The smallest absolute Gasteiger partial charge is 0.415 e. The maximum absolute atomic E-state index is 6.29. The number of hydrogen-bond acceptors (Lipinski definition) is 4. The molecule has 0 spiro atoms. The highest BCUT2D eigenvalue weighted by Crippen LogP contribution is 2.26. The molecule has 0 saturated carbocycles. The van der Waals surface area contributed by atoms with Crippen LogP contribution < -0.4 is 0 Å². The molecule has 1 heterocycles. The molecule has 1 aliphatic heterocycles. The zero-order valence-corrected chi connectivity index (χ0v) is 13.9. The Bertz CT molecular complexity index is 237. The SMILES string of the molecule is CCN(CC)O[Si]1(C)OCCCC[Si](C)(C)O1. The molecular weight excluding hydrogens is 250 g/mol. The summed E-state index contributed by atoms with van der Waals surface area (Å²) in [7, 11) is -4.09. The van der Waals surface area contributed by atoms with Crippen molar-refractivity contribution >= 4 is 17.1 Å². The molecule has 4 nitrogen and oxygen atoms in total. The van der Waals surface area contributed by atoms with Gasteiger partial charge < -0.3 is 8.54 Å². The first-order valence-corrected chi connectivity index (χ1v) is 12.0. The fraction of sp³-hybridized carbons (Fsp3) is 1.00. The van der Waals surface area contributed by atoms with Crippen molar-refractivity contribution in [1.29, 1.82) is 0 Å². The summed E-state index contributed by atoms with van der Waals surface area (Å²) in [5, 5.41) is 1.94. The monoisotopic (exact) mass is 277 g/mol. The van der Waals surface area contributed by atoms with Crippen LogP contribution in [-0.2, 0) is 13.1 Å². The van der Waals surface area contributed by atoms with Gasteiger partial charge >= 0.3 is 8.80 Å². The summed E-state index contributed by atoms with van der Waals surface area (Å²) in [6.07, 6.45) is 2.35. The Morgan fingerprint density at radius 1 is 1.12 bits per heavy atom. The van der Waals surface area contributed by atoms with Crippen LogP contribution in [0.3, 0.4) is 0 Å². The lowest BCUT2D eigenvalue weighted by Gasteiger charge is -2.38. The van der Waals surface area contributed by atoms with E-state index in [1.54, 1.807) is 0 Å². The van der Waals surface area contributed by atoms with Gasteiger partial charge in [0.1, 0.15) is 0 Å². The summed E-state index contributed by atoms with van der Waals surface area (Å²) < 4.78 is 18.2. The summed E-state index contributed by atoms with van der Waals surface area (Å²) >= 11 is 0. The van der Waals surface area contributed by atoms with E-state index in [1.165, 1.54) is 12.5 Å². The first-order valence-electron chi connectivity index (χ1n) is 6.69. The minimum atomic E-state index is -2.47. The molecule has 1 aliphatic rings. The van der Waals surface area contributed by atoms with E-state index in [-0.39, 0.29) is 0 Å². The molecule has 102 valence electrons. The number of nitrogens with zero attached hydrogens (tertiary/aromatic N) is 1. The van der Waals surface area contributed by atoms with Gasteiger partial charge in [-0.2, -0.15) is 5.06 Å². The Kier molecular flexibility index (Phi) is 5.81. The zero-order valence-electron chi connectivity index (χ0n) is 11.9. The third-order valence-electron chi connectivity index (χ3n) is 3.00. The van der Waals surface area contributed by atoms with Crippen LogP contribution in [0.25, 0.3) is 0 Å². The maximum Gasteiger partial charge on any atom is 0.504 e. The van der Waals surface area contributed by atoms with Crippen LogP contribution in [0.15, 0.2) is 0 Å². The van der Waals surface area contributed by atoms with Gasteiger partial charge in [-0.05, 0) is 25.6 Å². The van der Waals surface area contributed by atoms with Gasteiger partial charge in [0.2, 0.25) is 0 Å². The summed E-state index contributed by atoms with van der Waals surface area (Å²) in [5.74, 6) is 0. The molecule has 17 heavy (non-hydrogen) atoms. The average Bonchev–Trinajstić information content (AvgIpc) is 2.22. The molecule has 1 atom stereocenters. The van der Waals surface area contributed by atoms with Crippen molar-refractivity contribution in [2.24, 2.45) is 0 Å². The standard InChI is InChI=1S/C11H27NO3Si2/c1-6-12(7-2)14-17(5)13-10-8-9-11-16(3,4)15-17/h6-11H2,1-5H3. The first kappa shape index (κ1) is 15.3. The molecule has 6 heteroatoms. The quantitative estimate of drug-likeness (QED) is 0.584. The highest BCUT2D eigenvalue weighted by Gasteiger charge is 2.44. The van der Waals surface area contributed by atoms with E-state index in [1.807, 2.05) is 11.6 Å². The highest BCUT2D eigenvalue weighted by molar-refractivity contribution is 6.80. The molecule has 1 saturated heterocycles. The molecule has 1 fully saturated rings. The van der Waals surface area contributed by atoms with Crippen LogP contribution in [-0.4, -0.2) is 41.9 Å². The second-order valence-electron chi connectivity index (χ2n) is 5.24. The van der Waals surface area contributed by atoms with Crippen LogP contribution in [0, 0.1) is 0 Å². The Morgan fingerprint density at radius 2 is 1.76 bits per heavy atom. The van der Waals surface area contributed by atoms with E-state index in [0.29, 0.717) is 0 Å². The van der Waals surface area contributed by atoms with Crippen LogP contribution in [0.2, 0.25) is 25.7 Å². The lowest BCUT2D eigenvalue weighted by atomic mass is 10.4. The van der Waals surface area contributed by atoms with Gasteiger partial charge in [-0.1, -0.05) is 20.3 Å². The summed E-state index contributed by atoms with van der Waals surface area (Å²) in [6.45, 7) is 13.2. The zero-order chi connectivity index (χ0) is 12.9. The molecule has 0 N–H and O–H groups in total. The summed E-state index contributed by atoms with van der Waals surface area (Å²) in [4.78, 5) is 0. The summed E-state index contributed by atoms with van der Waals surface area (Å²) in [5.41, 5.74) is 0. The molecule has 0 aromatic carbocycles. The lowest BCUT2D eigenvalue weighted by Crippen LogP contribution is -2.55. The van der Waals surface area contributed by atoms with Gasteiger partial charge in [0.05, 0.1) is 0 Å². The second kappa shape index (κ2) is 6.44. The fourth-order valence-electron chi connectivity index (χ4n) is 2.12. The molecule has 0 amide bonds. The van der Waals surface area contributed by atoms with E-state index >= 15 is 0 Å². The van der Waals surface area contributed by atoms with Gasteiger partial charge in [0, 0.05) is 26.2 Å². The normalized spacial score (nSPS) is 30.0. The first-order chi connectivity index (χ1) is 7.91. The van der Waals surface area contributed by atoms with Crippen molar-refractivity contribution in [3.8, 4) is 0 Å². The van der Waals surface area contributed by atoms with Crippen molar-refractivity contribution in [2.45, 2.75) is 52.4 Å². The third-order valence-corrected chi connectivity index (χ3v) is 9.57. The van der Waals surface area contributed by atoms with Gasteiger partial charge in [-0.3, -0.25) is 4.53 Å². The predicted octanol–water partition coefficient (Wildman–Crippen LogP) is 2.86. The number of hydroxylamine groups is 2. The van der Waals surface area contributed by atoms with Crippen LogP contribution in [0.4, 0.5) is 0 Å². The Labute approximate surface area is 108 Å². The van der Waals surface area contributed by atoms with E-state index < -0.39 is 17.1 Å². The van der Waals surface area contributed by atoms with Gasteiger partial charge in [0.15, 0.2) is 8.32 Å².